The molecule has 2 N–H and O–H groups in total. The second kappa shape index (κ2) is 7.41. The number of hydrogen-bond donors (Lipinski definition) is 2. The van der Waals surface area contributed by atoms with Crippen LogP contribution in [0.3, 0.4) is 0 Å². The molecular weight excluding hydrogens is 344 g/mol. The molecule has 0 saturated carbocycles. The summed E-state index contributed by atoms with van der Waals surface area (Å²) in [6.45, 7) is 4.95. The van der Waals surface area contributed by atoms with E-state index in [1.807, 2.05) is 6.92 Å². The van der Waals surface area contributed by atoms with Crippen LogP contribution >= 0.6 is 11.6 Å². The standard InChI is InChI=1S/C17H21ClN4O3/c1-11(15-21-12(2)22-25-15)20-16(23)17(7-9-19-10-8-17)24-14-5-3-13(18)4-6-14/h3-6,11,19H,7-10H2,1-2H3,(H,20,23)/t11-/m0/s1. The maximum Gasteiger partial charge on any atom is 0.264 e. The van der Waals surface area contributed by atoms with Crippen LogP contribution in [0.1, 0.15) is 37.5 Å². The number of ether oxygens (including phenoxy) is 1. The first-order valence-electron chi connectivity index (χ1n) is 8.25. The first-order valence-corrected chi connectivity index (χ1v) is 8.63. The third-order valence-electron chi connectivity index (χ3n) is 4.21. The highest BCUT2D eigenvalue weighted by Gasteiger charge is 2.43. The van der Waals surface area contributed by atoms with Crippen LogP contribution in [0.25, 0.3) is 0 Å². The first-order chi connectivity index (χ1) is 12.0. The van der Waals surface area contributed by atoms with Gasteiger partial charge < -0.3 is 19.9 Å². The second-order valence-electron chi connectivity index (χ2n) is 6.18. The number of amides is 1. The molecule has 0 spiro atoms. The molecule has 25 heavy (non-hydrogen) atoms. The van der Waals surface area contributed by atoms with E-state index >= 15 is 0 Å². The molecule has 2 aromatic rings. The van der Waals surface area contributed by atoms with Crippen LogP contribution in [0.4, 0.5) is 0 Å². The average molecular weight is 365 g/mol. The number of carbonyl (C=O) groups is 1. The minimum absolute atomic E-state index is 0.188. The first kappa shape index (κ1) is 17.7. The molecule has 0 aliphatic carbocycles. The lowest BCUT2D eigenvalue weighted by atomic mass is 9.90. The number of hydrogen-bond acceptors (Lipinski definition) is 6. The lowest BCUT2D eigenvalue weighted by Gasteiger charge is -2.37. The number of halogens is 1. The number of rotatable bonds is 5. The molecule has 1 aromatic heterocycles. The Morgan fingerprint density at radius 3 is 2.64 bits per heavy atom. The molecule has 1 aromatic carbocycles. The van der Waals surface area contributed by atoms with Gasteiger partial charge in [-0.2, -0.15) is 4.98 Å². The summed E-state index contributed by atoms with van der Waals surface area (Å²) in [7, 11) is 0. The Hall–Kier alpha value is -2.12. The lowest BCUT2D eigenvalue weighted by Crippen LogP contribution is -2.57. The predicted molar refractivity (Wildman–Crippen MR) is 92.5 cm³/mol. The molecule has 7 nitrogen and oxygen atoms in total. The SMILES string of the molecule is Cc1noc([C@H](C)NC(=O)C2(Oc3ccc(Cl)cc3)CCNCC2)n1. The summed E-state index contributed by atoms with van der Waals surface area (Å²) in [5.74, 6) is 1.33. The molecule has 1 saturated heterocycles. The smallest absolute Gasteiger partial charge is 0.264 e. The van der Waals surface area contributed by atoms with Crippen molar-refractivity contribution in [3.05, 3.63) is 41.0 Å². The number of benzene rings is 1. The van der Waals surface area contributed by atoms with E-state index in [1.165, 1.54) is 0 Å². The summed E-state index contributed by atoms with van der Waals surface area (Å²) in [6.07, 6.45) is 1.13. The predicted octanol–water partition coefficient (Wildman–Crippen LogP) is 2.41. The zero-order valence-corrected chi connectivity index (χ0v) is 15.0. The van der Waals surface area contributed by atoms with E-state index in [9.17, 15) is 4.79 Å². The second-order valence-corrected chi connectivity index (χ2v) is 6.61. The zero-order chi connectivity index (χ0) is 17.9. The van der Waals surface area contributed by atoms with Gasteiger partial charge in [0.1, 0.15) is 11.8 Å². The average Bonchev–Trinajstić information content (AvgIpc) is 3.04. The molecule has 1 aliphatic rings. The van der Waals surface area contributed by atoms with E-state index in [2.05, 4.69) is 20.8 Å². The number of aryl methyl sites for hydroxylation is 1. The quantitative estimate of drug-likeness (QED) is 0.846. The minimum atomic E-state index is -0.942. The van der Waals surface area contributed by atoms with E-state index in [4.69, 9.17) is 20.9 Å². The fraction of sp³-hybridized carbons (Fsp3) is 0.471. The van der Waals surface area contributed by atoms with Gasteiger partial charge in [0.2, 0.25) is 5.89 Å². The summed E-state index contributed by atoms with van der Waals surface area (Å²) < 4.78 is 11.3. The van der Waals surface area contributed by atoms with Gasteiger partial charge in [0.15, 0.2) is 11.4 Å². The molecule has 1 atom stereocenters. The number of carbonyl (C=O) groups excluding carboxylic acids is 1. The van der Waals surface area contributed by atoms with Crippen LogP contribution in [0.5, 0.6) is 5.75 Å². The van der Waals surface area contributed by atoms with E-state index in [0.29, 0.717) is 48.4 Å². The molecule has 1 fully saturated rings. The van der Waals surface area contributed by atoms with Gasteiger partial charge in [-0.1, -0.05) is 16.8 Å². The Bertz CT molecular complexity index is 726. The van der Waals surface area contributed by atoms with Gasteiger partial charge >= 0.3 is 0 Å². The van der Waals surface area contributed by atoms with Crippen LogP contribution in [-0.2, 0) is 4.79 Å². The molecule has 134 valence electrons. The van der Waals surface area contributed by atoms with Gasteiger partial charge in [-0.05, 0) is 51.2 Å². The van der Waals surface area contributed by atoms with Crippen molar-refractivity contribution in [2.24, 2.45) is 0 Å². The van der Waals surface area contributed by atoms with Crippen molar-refractivity contribution >= 4 is 17.5 Å². The van der Waals surface area contributed by atoms with E-state index in [-0.39, 0.29) is 5.91 Å². The van der Waals surface area contributed by atoms with Crippen LogP contribution in [0.2, 0.25) is 5.02 Å². The fourth-order valence-corrected chi connectivity index (χ4v) is 2.94. The van der Waals surface area contributed by atoms with Gasteiger partial charge in [0.25, 0.3) is 5.91 Å². The molecule has 1 amide bonds. The third kappa shape index (κ3) is 4.11. The van der Waals surface area contributed by atoms with Crippen LogP contribution < -0.4 is 15.4 Å². The summed E-state index contributed by atoms with van der Waals surface area (Å²) in [5.41, 5.74) is -0.942. The number of nitrogens with one attached hydrogen (secondary N) is 2. The van der Waals surface area contributed by atoms with Crippen molar-refractivity contribution in [1.29, 1.82) is 0 Å². The molecule has 3 rings (SSSR count). The van der Waals surface area contributed by atoms with Crippen LogP contribution in [0, 0.1) is 6.92 Å². The Kier molecular flexibility index (Phi) is 5.24. The van der Waals surface area contributed by atoms with Crippen molar-refractivity contribution in [2.45, 2.75) is 38.3 Å². The molecule has 0 bridgehead atoms. The summed E-state index contributed by atoms with van der Waals surface area (Å²) in [5, 5.41) is 10.6. The van der Waals surface area contributed by atoms with E-state index in [0.717, 1.165) is 0 Å². The lowest BCUT2D eigenvalue weighted by molar-refractivity contribution is -0.140. The maximum atomic E-state index is 13.0. The van der Waals surface area contributed by atoms with Crippen LogP contribution in [-0.4, -0.2) is 34.7 Å². The van der Waals surface area contributed by atoms with Crippen molar-refractivity contribution in [3.8, 4) is 5.75 Å². The molecule has 8 heteroatoms. The van der Waals surface area contributed by atoms with Crippen LogP contribution in [0.15, 0.2) is 28.8 Å². The number of nitrogens with zero attached hydrogens (tertiary/aromatic N) is 2. The van der Waals surface area contributed by atoms with Gasteiger partial charge in [-0.15, -0.1) is 0 Å². The fourth-order valence-electron chi connectivity index (χ4n) is 2.81. The Morgan fingerprint density at radius 2 is 2.04 bits per heavy atom. The maximum absolute atomic E-state index is 13.0. The molecule has 0 unspecified atom stereocenters. The van der Waals surface area contributed by atoms with Gasteiger partial charge in [0.05, 0.1) is 0 Å². The summed E-state index contributed by atoms with van der Waals surface area (Å²) >= 11 is 5.92. The summed E-state index contributed by atoms with van der Waals surface area (Å²) in [4.78, 5) is 17.2. The largest absolute Gasteiger partial charge is 0.477 e. The zero-order valence-electron chi connectivity index (χ0n) is 14.2. The Morgan fingerprint density at radius 1 is 1.36 bits per heavy atom. The van der Waals surface area contributed by atoms with Crippen molar-refractivity contribution in [2.75, 3.05) is 13.1 Å². The Labute approximate surface area is 151 Å². The highest BCUT2D eigenvalue weighted by atomic mass is 35.5. The summed E-state index contributed by atoms with van der Waals surface area (Å²) in [6, 6.07) is 6.63. The van der Waals surface area contributed by atoms with Crippen molar-refractivity contribution < 1.29 is 14.1 Å². The number of piperidine rings is 1. The van der Waals surface area contributed by atoms with Gasteiger partial charge in [-0.3, -0.25) is 4.79 Å². The Balaban J connectivity index is 1.76. The number of aromatic nitrogens is 2. The highest BCUT2D eigenvalue weighted by Crippen LogP contribution is 2.28. The van der Waals surface area contributed by atoms with E-state index < -0.39 is 11.6 Å². The molecule has 1 aliphatic heterocycles. The van der Waals surface area contributed by atoms with Crippen molar-refractivity contribution in [1.82, 2.24) is 20.8 Å². The minimum Gasteiger partial charge on any atom is -0.477 e. The third-order valence-corrected chi connectivity index (χ3v) is 4.47. The monoisotopic (exact) mass is 364 g/mol. The molecular formula is C17H21ClN4O3. The normalized spacial score (nSPS) is 17.7. The molecule has 0 radical (unpaired) electrons. The van der Waals surface area contributed by atoms with Gasteiger partial charge in [-0.25, -0.2) is 0 Å². The highest BCUT2D eigenvalue weighted by molar-refractivity contribution is 6.30. The van der Waals surface area contributed by atoms with E-state index in [1.54, 1.807) is 31.2 Å². The molecule has 2 heterocycles. The van der Waals surface area contributed by atoms with Crippen molar-refractivity contribution in [3.63, 3.8) is 0 Å². The topological polar surface area (TPSA) is 89.3 Å². The van der Waals surface area contributed by atoms with Gasteiger partial charge in [0, 0.05) is 17.9 Å².